The van der Waals surface area contributed by atoms with E-state index in [2.05, 4.69) is 20.1 Å². The second-order valence-corrected chi connectivity index (χ2v) is 7.09. The van der Waals surface area contributed by atoms with Crippen LogP contribution in [0.5, 0.6) is 0 Å². The van der Waals surface area contributed by atoms with Crippen LogP contribution in [0.25, 0.3) is 0 Å². The van der Waals surface area contributed by atoms with Crippen LogP contribution in [0.3, 0.4) is 0 Å². The number of hydrogen-bond donors (Lipinski definition) is 1. The highest BCUT2D eigenvalue weighted by Gasteiger charge is 2.26. The first-order valence-electron chi connectivity index (χ1n) is 7.97. The summed E-state index contributed by atoms with van der Waals surface area (Å²) >= 11 is 7.64. The topological polar surface area (TPSA) is 72.3 Å². The highest BCUT2D eigenvalue weighted by molar-refractivity contribution is 7.13. The Hall–Kier alpha value is -2.14. The molecule has 6 nitrogen and oxygen atoms in total. The van der Waals surface area contributed by atoms with E-state index >= 15 is 0 Å². The quantitative estimate of drug-likeness (QED) is 0.889. The van der Waals surface area contributed by atoms with E-state index in [1.54, 1.807) is 29.5 Å². The fraction of sp³-hybridized carbons (Fsp3) is 0.353. The zero-order chi connectivity index (χ0) is 17.8. The molecule has 1 aromatic heterocycles. The van der Waals surface area contributed by atoms with Gasteiger partial charge in [-0.3, -0.25) is 9.69 Å². The van der Waals surface area contributed by atoms with Crippen molar-refractivity contribution >= 4 is 39.7 Å². The fourth-order valence-electron chi connectivity index (χ4n) is 2.77. The first kappa shape index (κ1) is 17.7. The number of amides is 1. The number of thiazole rings is 1. The van der Waals surface area contributed by atoms with E-state index in [1.165, 1.54) is 0 Å². The van der Waals surface area contributed by atoms with Crippen LogP contribution in [0.4, 0.5) is 10.8 Å². The second kappa shape index (κ2) is 7.83. The van der Waals surface area contributed by atoms with Crippen molar-refractivity contribution in [2.45, 2.75) is 13.0 Å². The van der Waals surface area contributed by atoms with Crippen LogP contribution in [0.1, 0.15) is 12.5 Å². The minimum absolute atomic E-state index is 0.0801. The van der Waals surface area contributed by atoms with E-state index in [1.807, 2.05) is 24.6 Å². The number of nitrogens with one attached hydrogen (secondary N) is 1. The largest absolute Gasteiger partial charge is 0.346 e. The second-order valence-electron chi connectivity index (χ2n) is 5.81. The minimum Gasteiger partial charge on any atom is -0.346 e. The number of carbonyl (C=O) groups is 1. The standard InChI is InChI=1S/C17H18ClN5OS/c1-12(16(24)21-14-3-2-13(11-19)15(18)10-14)22-5-7-23(8-6-22)17-20-4-9-25-17/h2-4,9-10,12H,5-8H2,1H3,(H,21,24). The first-order chi connectivity index (χ1) is 12.1. The Bertz CT molecular complexity index is 781. The molecule has 2 aromatic rings. The first-order valence-corrected chi connectivity index (χ1v) is 9.23. The number of halogens is 1. The lowest BCUT2D eigenvalue weighted by Gasteiger charge is -2.37. The molecule has 130 valence electrons. The van der Waals surface area contributed by atoms with Crippen LogP contribution >= 0.6 is 22.9 Å². The van der Waals surface area contributed by atoms with Gasteiger partial charge in [-0.2, -0.15) is 5.26 Å². The molecule has 2 heterocycles. The molecule has 1 fully saturated rings. The molecule has 0 saturated carbocycles. The summed E-state index contributed by atoms with van der Waals surface area (Å²) in [6, 6.07) is 6.66. The number of hydrogen-bond acceptors (Lipinski definition) is 6. The van der Waals surface area contributed by atoms with Gasteiger partial charge in [0, 0.05) is 43.4 Å². The van der Waals surface area contributed by atoms with Crippen molar-refractivity contribution in [3.63, 3.8) is 0 Å². The van der Waals surface area contributed by atoms with Crippen LogP contribution in [-0.2, 0) is 4.79 Å². The Balaban J connectivity index is 1.56. The number of nitriles is 1. The van der Waals surface area contributed by atoms with E-state index in [4.69, 9.17) is 16.9 Å². The molecule has 1 atom stereocenters. The normalized spacial score (nSPS) is 16.3. The minimum atomic E-state index is -0.243. The molecule has 3 rings (SSSR count). The van der Waals surface area contributed by atoms with Crippen LogP contribution in [-0.4, -0.2) is 48.0 Å². The summed E-state index contributed by atoms with van der Waals surface area (Å²) in [6.45, 7) is 5.23. The lowest BCUT2D eigenvalue weighted by atomic mass is 10.2. The molecule has 1 amide bonds. The number of benzene rings is 1. The van der Waals surface area contributed by atoms with Crippen LogP contribution in [0.15, 0.2) is 29.8 Å². The van der Waals surface area contributed by atoms with Gasteiger partial charge in [0.25, 0.3) is 0 Å². The lowest BCUT2D eigenvalue weighted by Crippen LogP contribution is -2.52. The fourth-order valence-corrected chi connectivity index (χ4v) is 3.69. The van der Waals surface area contributed by atoms with Crippen LogP contribution < -0.4 is 10.2 Å². The predicted octanol–water partition coefficient (Wildman–Crippen LogP) is 2.82. The maximum absolute atomic E-state index is 12.5. The highest BCUT2D eigenvalue weighted by atomic mass is 35.5. The molecular weight excluding hydrogens is 358 g/mol. The molecular formula is C17H18ClN5OS. The molecule has 1 saturated heterocycles. The summed E-state index contributed by atoms with van der Waals surface area (Å²) in [7, 11) is 0. The molecule has 1 aliphatic rings. The lowest BCUT2D eigenvalue weighted by molar-refractivity contribution is -0.120. The number of aromatic nitrogens is 1. The van der Waals surface area contributed by atoms with Crippen molar-refractivity contribution in [3.8, 4) is 6.07 Å². The maximum Gasteiger partial charge on any atom is 0.241 e. The summed E-state index contributed by atoms with van der Waals surface area (Å²) in [6.07, 6.45) is 1.81. The van der Waals surface area contributed by atoms with Crippen LogP contribution in [0, 0.1) is 11.3 Å². The molecule has 1 aromatic carbocycles. The van der Waals surface area contributed by atoms with E-state index in [-0.39, 0.29) is 11.9 Å². The van der Waals surface area contributed by atoms with Gasteiger partial charge in [0.2, 0.25) is 5.91 Å². The van der Waals surface area contributed by atoms with Gasteiger partial charge in [-0.05, 0) is 25.1 Å². The summed E-state index contributed by atoms with van der Waals surface area (Å²) < 4.78 is 0. The number of nitrogens with zero attached hydrogens (tertiary/aromatic N) is 4. The molecule has 25 heavy (non-hydrogen) atoms. The third-order valence-corrected chi connectivity index (χ3v) is 5.43. The predicted molar refractivity (Wildman–Crippen MR) is 100 cm³/mol. The average Bonchev–Trinajstić information content (AvgIpc) is 3.16. The third kappa shape index (κ3) is 4.10. The monoisotopic (exact) mass is 375 g/mol. The number of carbonyl (C=O) groups excluding carboxylic acids is 1. The average molecular weight is 376 g/mol. The Kier molecular flexibility index (Phi) is 5.53. The van der Waals surface area contributed by atoms with E-state index in [0.29, 0.717) is 16.3 Å². The molecule has 1 unspecified atom stereocenters. The van der Waals surface area contributed by atoms with Gasteiger partial charge in [-0.25, -0.2) is 4.98 Å². The van der Waals surface area contributed by atoms with Crippen molar-refractivity contribution in [3.05, 3.63) is 40.4 Å². The molecule has 0 spiro atoms. The SMILES string of the molecule is CC(C(=O)Nc1ccc(C#N)c(Cl)c1)N1CCN(c2nccs2)CC1. The van der Waals surface area contributed by atoms with Crippen molar-refractivity contribution in [2.24, 2.45) is 0 Å². The van der Waals surface area contributed by atoms with Crippen molar-refractivity contribution < 1.29 is 4.79 Å². The number of anilines is 2. The summed E-state index contributed by atoms with van der Waals surface area (Å²) in [5.74, 6) is -0.0801. The Labute approximate surface area is 155 Å². The Morgan fingerprint density at radius 3 is 2.76 bits per heavy atom. The zero-order valence-electron chi connectivity index (χ0n) is 13.8. The molecule has 0 aliphatic carbocycles. The maximum atomic E-state index is 12.5. The van der Waals surface area contributed by atoms with Gasteiger partial charge in [0.15, 0.2) is 5.13 Å². The van der Waals surface area contributed by atoms with Gasteiger partial charge >= 0.3 is 0 Å². The number of piperazine rings is 1. The molecule has 0 bridgehead atoms. The molecule has 1 aliphatic heterocycles. The van der Waals surface area contributed by atoms with Crippen molar-refractivity contribution in [1.29, 1.82) is 5.26 Å². The summed E-state index contributed by atoms with van der Waals surface area (Å²) in [5.41, 5.74) is 0.994. The zero-order valence-corrected chi connectivity index (χ0v) is 15.3. The van der Waals surface area contributed by atoms with Gasteiger partial charge < -0.3 is 10.2 Å². The van der Waals surface area contributed by atoms with Gasteiger partial charge in [-0.1, -0.05) is 11.6 Å². The van der Waals surface area contributed by atoms with Crippen LogP contribution in [0.2, 0.25) is 5.02 Å². The Morgan fingerprint density at radius 2 is 2.16 bits per heavy atom. The smallest absolute Gasteiger partial charge is 0.241 e. The van der Waals surface area contributed by atoms with Gasteiger partial charge in [-0.15, -0.1) is 11.3 Å². The molecule has 0 radical (unpaired) electrons. The van der Waals surface area contributed by atoms with E-state index in [0.717, 1.165) is 31.3 Å². The van der Waals surface area contributed by atoms with Crippen molar-refractivity contribution in [2.75, 3.05) is 36.4 Å². The molecule has 8 heteroatoms. The summed E-state index contributed by atoms with van der Waals surface area (Å²) in [5, 5.41) is 15.1. The molecule has 1 N–H and O–H groups in total. The Morgan fingerprint density at radius 1 is 1.40 bits per heavy atom. The number of rotatable bonds is 4. The summed E-state index contributed by atoms with van der Waals surface area (Å²) in [4.78, 5) is 21.2. The third-order valence-electron chi connectivity index (χ3n) is 4.29. The van der Waals surface area contributed by atoms with E-state index < -0.39 is 0 Å². The van der Waals surface area contributed by atoms with Gasteiger partial charge in [0.05, 0.1) is 16.6 Å². The highest BCUT2D eigenvalue weighted by Crippen LogP contribution is 2.22. The van der Waals surface area contributed by atoms with Gasteiger partial charge in [0.1, 0.15) is 6.07 Å². The van der Waals surface area contributed by atoms with Crippen molar-refractivity contribution in [1.82, 2.24) is 9.88 Å². The van der Waals surface area contributed by atoms with E-state index in [9.17, 15) is 4.79 Å².